The van der Waals surface area contributed by atoms with Crippen molar-refractivity contribution in [2.45, 2.75) is 12.8 Å². The van der Waals surface area contributed by atoms with Crippen LogP contribution in [0.15, 0.2) is 291 Å². The van der Waals surface area contributed by atoms with Crippen LogP contribution in [0.2, 0.25) is 0 Å². The standard InChI is InChI=1S/C85H62N12O2/c86-60-45-61(87)48-64(47-60)90-80(98)39-51-27-31-53(32-28-51)57-35-37-76-70(41-57)71-42-58(54-33-29-52(30-34-54)40-81(99)91-65-49-62(88)46-63(89)50-65)36-38-77(71)97(76)82-78(95-72-23-11-7-19-66(72)67-20-8-12-24-73(67)95)43-59(44-79(82)96-74-25-13-9-21-68(74)69-22-10-14-26-75(69)96)85-93-83(55-15-3-1-4-16-55)92-84(94-85)56-17-5-2-6-18-56/h1-38,41-50H,39-40,86-89H2,(H,90,98)(H,91,99). The lowest BCUT2D eigenvalue weighted by molar-refractivity contribution is -0.116. The van der Waals surface area contributed by atoms with Gasteiger partial charge in [0.1, 0.15) is 0 Å². The van der Waals surface area contributed by atoms with E-state index in [2.05, 4.69) is 194 Å². The Balaban J connectivity index is 0.918. The molecule has 4 aromatic heterocycles. The Morgan fingerprint density at radius 2 is 0.596 bits per heavy atom. The van der Waals surface area contributed by atoms with E-state index in [9.17, 15) is 9.59 Å². The largest absolute Gasteiger partial charge is 0.399 e. The molecule has 474 valence electrons. The second-order valence-corrected chi connectivity index (χ2v) is 25.1. The molecule has 99 heavy (non-hydrogen) atoms. The van der Waals surface area contributed by atoms with E-state index >= 15 is 0 Å². The summed E-state index contributed by atoms with van der Waals surface area (Å²) in [6.07, 6.45) is 0.294. The predicted molar refractivity (Wildman–Crippen MR) is 405 cm³/mol. The summed E-state index contributed by atoms with van der Waals surface area (Å²) in [5.74, 6) is 1.23. The topological polar surface area (TPSA) is 216 Å². The number of nitrogen functional groups attached to an aromatic ring is 4. The summed E-state index contributed by atoms with van der Waals surface area (Å²) in [7, 11) is 0. The van der Waals surface area contributed by atoms with Gasteiger partial charge in [-0.1, -0.05) is 194 Å². The second kappa shape index (κ2) is 24.3. The van der Waals surface area contributed by atoms with Crippen molar-refractivity contribution < 1.29 is 9.59 Å². The molecule has 0 unspecified atom stereocenters. The molecule has 0 atom stereocenters. The van der Waals surface area contributed by atoms with Crippen LogP contribution in [0.1, 0.15) is 11.1 Å². The first kappa shape index (κ1) is 59.2. The number of rotatable bonds is 14. The highest BCUT2D eigenvalue weighted by Gasteiger charge is 2.28. The Labute approximate surface area is 568 Å². The van der Waals surface area contributed by atoms with Crippen LogP contribution in [0.25, 0.3) is 139 Å². The van der Waals surface area contributed by atoms with Gasteiger partial charge in [0.2, 0.25) is 11.8 Å². The van der Waals surface area contributed by atoms with Gasteiger partial charge in [0.05, 0.1) is 63.0 Å². The number of carbonyl (C=O) groups excluding carboxylic acids is 2. The van der Waals surface area contributed by atoms with Crippen LogP contribution >= 0.6 is 0 Å². The summed E-state index contributed by atoms with van der Waals surface area (Å²) in [5.41, 5.74) is 44.0. The summed E-state index contributed by atoms with van der Waals surface area (Å²) < 4.78 is 7.28. The molecule has 2 amide bonds. The lowest BCUT2D eigenvalue weighted by Gasteiger charge is -2.23. The van der Waals surface area contributed by atoms with Crippen LogP contribution in [0.5, 0.6) is 0 Å². The third kappa shape index (κ3) is 11.0. The fraction of sp³-hybridized carbons (Fsp3) is 0.0235. The first-order chi connectivity index (χ1) is 48.5. The van der Waals surface area contributed by atoms with Gasteiger partial charge in [0.15, 0.2) is 17.5 Å². The van der Waals surface area contributed by atoms with Crippen molar-refractivity contribution in [3.8, 4) is 73.5 Å². The Hall–Kier alpha value is -13.6. The van der Waals surface area contributed by atoms with Crippen LogP contribution in [0.4, 0.5) is 34.1 Å². The van der Waals surface area contributed by atoms with Gasteiger partial charge in [0.25, 0.3) is 0 Å². The number of fused-ring (bicyclic) bond motifs is 9. The van der Waals surface area contributed by atoms with E-state index in [4.69, 9.17) is 37.9 Å². The van der Waals surface area contributed by atoms with Crippen molar-refractivity contribution >= 4 is 111 Å². The van der Waals surface area contributed by atoms with Gasteiger partial charge in [-0.2, -0.15) is 0 Å². The second-order valence-electron chi connectivity index (χ2n) is 25.1. The van der Waals surface area contributed by atoms with Crippen LogP contribution < -0.4 is 33.6 Å². The molecule has 0 bridgehead atoms. The number of carbonyl (C=O) groups is 2. The molecule has 0 radical (unpaired) electrons. The van der Waals surface area contributed by atoms with Gasteiger partial charge in [0, 0.05) is 83.1 Å². The minimum absolute atomic E-state index is 0.147. The van der Waals surface area contributed by atoms with E-state index in [1.54, 1.807) is 36.4 Å². The highest BCUT2D eigenvalue weighted by molar-refractivity contribution is 6.15. The minimum Gasteiger partial charge on any atom is -0.399 e. The molecule has 0 saturated carbocycles. The fourth-order valence-electron chi connectivity index (χ4n) is 14.1. The van der Waals surface area contributed by atoms with E-state index in [1.807, 2.05) is 84.9 Å². The quantitative estimate of drug-likeness (QED) is 0.0570. The van der Waals surface area contributed by atoms with Crippen LogP contribution in [-0.2, 0) is 22.4 Å². The molecule has 0 saturated heterocycles. The summed E-state index contributed by atoms with van der Waals surface area (Å²) in [5, 5.41) is 12.4. The maximum absolute atomic E-state index is 13.5. The highest BCUT2D eigenvalue weighted by Crippen LogP contribution is 2.46. The monoisotopic (exact) mass is 1280 g/mol. The SMILES string of the molecule is Nc1cc(N)cc(NC(=O)Cc2ccc(-c3ccc4c(c3)c3cc(-c5ccc(CC(=O)Nc6cc(N)cc(N)c6)cc5)ccc3n4-c3c(-n4c5ccccc5c5ccccc54)cc(-c4nc(-c5ccccc5)nc(-c5ccccc5)n4)cc3-n3c4ccccc4c4ccccc43)cc2)c1. The average molecular weight is 1280 g/mol. The number of amides is 2. The molecule has 0 aliphatic carbocycles. The number of nitrogens with two attached hydrogens (primary N) is 4. The average Bonchev–Trinajstić information content (AvgIpc) is 1.57. The van der Waals surface area contributed by atoms with Crippen molar-refractivity contribution in [1.29, 1.82) is 0 Å². The zero-order valence-electron chi connectivity index (χ0n) is 53.4. The van der Waals surface area contributed by atoms with Crippen molar-refractivity contribution in [2.24, 2.45) is 0 Å². The van der Waals surface area contributed by atoms with Crippen molar-refractivity contribution in [2.75, 3.05) is 33.6 Å². The Morgan fingerprint density at radius 1 is 0.283 bits per heavy atom. The lowest BCUT2D eigenvalue weighted by atomic mass is 9.98. The molecule has 17 aromatic rings. The molecule has 4 heterocycles. The van der Waals surface area contributed by atoms with E-state index in [-0.39, 0.29) is 24.7 Å². The zero-order valence-corrected chi connectivity index (χ0v) is 53.4. The molecular weight excluding hydrogens is 1220 g/mol. The van der Waals surface area contributed by atoms with Crippen molar-refractivity contribution in [1.82, 2.24) is 28.7 Å². The molecule has 14 nitrogen and oxygen atoms in total. The summed E-state index contributed by atoms with van der Waals surface area (Å²) >= 11 is 0. The smallest absolute Gasteiger partial charge is 0.228 e. The van der Waals surface area contributed by atoms with Gasteiger partial charge >= 0.3 is 0 Å². The normalized spacial score (nSPS) is 11.6. The molecule has 13 aromatic carbocycles. The van der Waals surface area contributed by atoms with E-state index in [0.29, 0.717) is 51.6 Å². The molecule has 14 heteroatoms. The molecule has 17 rings (SSSR count). The molecule has 0 aliphatic heterocycles. The number of hydrogen-bond donors (Lipinski definition) is 6. The van der Waals surface area contributed by atoms with Crippen molar-refractivity contribution in [3.63, 3.8) is 0 Å². The van der Waals surface area contributed by atoms with E-state index in [0.717, 1.165) is 133 Å². The van der Waals surface area contributed by atoms with Crippen LogP contribution in [0, 0.1) is 0 Å². The van der Waals surface area contributed by atoms with Gasteiger partial charge < -0.3 is 47.3 Å². The Bertz CT molecular complexity index is 5570. The van der Waals surface area contributed by atoms with Crippen LogP contribution in [-0.4, -0.2) is 40.5 Å². The predicted octanol–water partition coefficient (Wildman–Crippen LogP) is 18.2. The summed E-state index contributed by atoms with van der Waals surface area (Å²) in [6, 6.07) is 99.1. The fourth-order valence-corrected chi connectivity index (χ4v) is 14.1. The van der Waals surface area contributed by atoms with Gasteiger partial charge in [-0.3, -0.25) is 9.59 Å². The van der Waals surface area contributed by atoms with Gasteiger partial charge in [-0.15, -0.1) is 0 Å². The number of nitrogens with zero attached hydrogens (tertiary/aromatic N) is 6. The summed E-state index contributed by atoms with van der Waals surface area (Å²) in [4.78, 5) is 43.0. The maximum Gasteiger partial charge on any atom is 0.228 e. The molecule has 0 spiro atoms. The number of anilines is 6. The molecule has 0 fully saturated rings. The molecular formula is C85H62N12O2. The molecule has 10 N–H and O–H groups in total. The third-order valence-electron chi connectivity index (χ3n) is 18.5. The maximum atomic E-state index is 13.5. The minimum atomic E-state index is -0.186. The van der Waals surface area contributed by atoms with Crippen LogP contribution in [0.3, 0.4) is 0 Å². The number of para-hydroxylation sites is 4. The van der Waals surface area contributed by atoms with E-state index in [1.165, 1.54) is 0 Å². The number of benzene rings is 13. The van der Waals surface area contributed by atoms with E-state index < -0.39 is 0 Å². The third-order valence-corrected chi connectivity index (χ3v) is 18.5. The molecule has 0 aliphatic rings. The summed E-state index contributed by atoms with van der Waals surface area (Å²) in [6.45, 7) is 0. The van der Waals surface area contributed by atoms with Gasteiger partial charge in [-0.05, 0) is 130 Å². The number of aromatic nitrogens is 6. The lowest BCUT2D eigenvalue weighted by Crippen LogP contribution is -2.14. The first-order valence-electron chi connectivity index (χ1n) is 32.7. The highest BCUT2D eigenvalue weighted by atomic mass is 16.2. The Kier molecular flexibility index (Phi) is 14.5. The Morgan fingerprint density at radius 3 is 0.960 bits per heavy atom. The van der Waals surface area contributed by atoms with Gasteiger partial charge in [-0.25, -0.2) is 15.0 Å². The number of nitrogens with one attached hydrogen (secondary N) is 2. The van der Waals surface area contributed by atoms with Crippen molar-refractivity contribution in [3.05, 3.63) is 302 Å². The zero-order chi connectivity index (χ0) is 66.8. The number of hydrogen-bond acceptors (Lipinski definition) is 9. The first-order valence-corrected chi connectivity index (χ1v) is 32.7.